The number of carbonyl (C=O) groups is 1. The summed E-state index contributed by atoms with van der Waals surface area (Å²) in [5.41, 5.74) is 0. The van der Waals surface area contributed by atoms with Gasteiger partial charge < -0.3 is 14.9 Å². The topological polar surface area (TPSA) is 78.6 Å². The number of carbonyl (C=O) groups excluding carboxylic acids is 1. The Morgan fingerprint density at radius 1 is 1.71 bits per heavy atom. The Hall–Kier alpha value is -1.40. The van der Waals surface area contributed by atoms with Crippen LogP contribution in [0.5, 0.6) is 0 Å². The number of hydrogen-bond acceptors (Lipinski definition) is 5. The highest BCUT2D eigenvalue weighted by atomic mass is 16.5. The van der Waals surface area contributed by atoms with Crippen LogP contribution in [0.25, 0.3) is 0 Å². The van der Waals surface area contributed by atoms with E-state index in [1.807, 2.05) is 4.90 Å². The van der Waals surface area contributed by atoms with E-state index in [-0.39, 0.29) is 19.1 Å². The van der Waals surface area contributed by atoms with Gasteiger partial charge in [-0.25, -0.2) is 0 Å². The smallest absolute Gasteiger partial charge is 0.239 e. The number of aryl methyl sites for hydroxylation is 1. The molecular weight excluding hydrogens is 222 g/mol. The molecule has 6 heteroatoms. The van der Waals surface area contributed by atoms with Gasteiger partial charge in [0.25, 0.3) is 0 Å². The molecule has 1 aliphatic carbocycles. The molecule has 1 amide bonds. The van der Waals surface area contributed by atoms with Gasteiger partial charge >= 0.3 is 0 Å². The van der Waals surface area contributed by atoms with Crippen LogP contribution >= 0.6 is 0 Å². The predicted octanol–water partition coefficient (Wildman–Crippen LogP) is 0.378. The molecule has 0 bridgehead atoms. The zero-order valence-electron chi connectivity index (χ0n) is 9.85. The van der Waals surface area contributed by atoms with Crippen molar-refractivity contribution >= 4 is 11.7 Å². The molecule has 1 aromatic heterocycles. The molecule has 1 fully saturated rings. The molecule has 94 valence electrons. The van der Waals surface area contributed by atoms with E-state index in [2.05, 4.69) is 10.5 Å². The predicted molar refractivity (Wildman–Crippen MR) is 61.6 cm³/mol. The molecule has 1 aliphatic rings. The van der Waals surface area contributed by atoms with Crippen molar-refractivity contribution in [2.24, 2.45) is 0 Å². The number of amides is 1. The van der Waals surface area contributed by atoms with Crippen LogP contribution in [0, 0.1) is 6.92 Å². The second-order valence-corrected chi connectivity index (χ2v) is 4.30. The van der Waals surface area contributed by atoms with E-state index in [4.69, 9.17) is 9.63 Å². The number of aliphatic hydroxyl groups is 1. The fourth-order valence-electron chi connectivity index (χ4n) is 1.75. The number of aliphatic hydroxyl groups excluding tert-OH is 1. The van der Waals surface area contributed by atoms with Crippen LogP contribution in [0.3, 0.4) is 0 Å². The molecule has 1 saturated carbocycles. The minimum atomic E-state index is -0.126. The van der Waals surface area contributed by atoms with E-state index < -0.39 is 0 Å². The van der Waals surface area contributed by atoms with E-state index in [9.17, 15) is 4.79 Å². The number of rotatable bonds is 6. The van der Waals surface area contributed by atoms with Gasteiger partial charge in [-0.2, -0.15) is 0 Å². The van der Waals surface area contributed by atoms with Gasteiger partial charge in [-0.05, 0) is 19.8 Å². The average molecular weight is 239 g/mol. The van der Waals surface area contributed by atoms with Crippen molar-refractivity contribution in [1.82, 2.24) is 10.1 Å². The molecule has 1 aromatic rings. The number of anilines is 1. The summed E-state index contributed by atoms with van der Waals surface area (Å²) in [6, 6.07) is 2.12. The van der Waals surface area contributed by atoms with Crippen molar-refractivity contribution < 1.29 is 14.4 Å². The van der Waals surface area contributed by atoms with Crippen molar-refractivity contribution in [2.75, 3.05) is 25.0 Å². The molecule has 6 nitrogen and oxygen atoms in total. The normalized spacial score (nSPS) is 15.2. The van der Waals surface area contributed by atoms with Gasteiger partial charge in [0, 0.05) is 18.7 Å². The fourth-order valence-corrected chi connectivity index (χ4v) is 1.75. The molecule has 17 heavy (non-hydrogen) atoms. The van der Waals surface area contributed by atoms with E-state index in [1.165, 1.54) is 0 Å². The number of hydrogen-bond donors (Lipinski definition) is 2. The van der Waals surface area contributed by atoms with Crippen molar-refractivity contribution in [3.8, 4) is 0 Å². The van der Waals surface area contributed by atoms with Crippen LogP contribution in [0.4, 0.5) is 5.82 Å². The first kappa shape index (κ1) is 12.1. The third-order valence-corrected chi connectivity index (χ3v) is 2.69. The third kappa shape index (κ3) is 3.54. The standard InChI is InChI=1S/C11H17N3O3/c1-8-6-10(13-17-8)12-11(16)7-14(4-5-15)9-2-3-9/h6,9,15H,2-5,7H2,1H3,(H,12,13,16). The molecule has 0 aromatic carbocycles. The highest BCUT2D eigenvalue weighted by molar-refractivity contribution is 5.91. The first-order chi connectivity index (χ1) is 8.19. The average Bonchev–Trinajstić information content (AvgIpc) is 3.03. The van der Waals surface area contributed by atoms with Crippen molar-refractivity contribution in [1.29, 1.82) is 0 Å². The van der Waals surface area contributed by atoms with Crippen LogP contribution in [-0.2, 0) is 4.79 Å². The maximum absolute atomic E-state index is 11.7. The van der Waals surface area contributed by atoms with Gasteiger partial charge in [0.15, 0.2) is 5.82 Å². The highest BCUT2D eigenvalue weighted by Gasteiger charge is 2.29. The Morgan fingerprint density at radius 3 is 3.00 bits per heavy atom. The molecule has 2 rings (SSSR count). The van der Waals surface area contributed by atoms with Gasteiger partial charge in [-0.15, -0.1) is 0 Å². The first-order valence-corrected chi connectivity index (χ1v) is 5.77. The summed E-state index contributed by atoms with van der Waals surface area (Å²) in [7, 11) is 0. The maximum Gasteiger partial charge on any atom is 0.239 e. The lowest BCUT2D eigenvalue weighted by atomic mass is 10.4. The Morgan fingerprint density at radius 2 is 2.47 bits per heavy atom. The summed E-state index contributed by atoms with van der Waals surface area (Å²) in [4.78, 5) is 13.7. The molecule has 2 N–H and O–H groups in total. The number of aromatic nitrogens is 1. The quantitative estimate of drug-likeness (QED) is 0.750. The summed E-state index contributed by atoms with van der Waals surface area (Å²) in [5, 5.41) is 15.3. The second-order valence-electron chi connectivity index (χ2n) is 4.30. The van der Waals surface area contributed by atoms with E-state index in [0.29, 0.717) is 24.2 Å². The van der Waals surface area contributed by atoms with Crippen LogP contribution in [0.1, 0.15) is 18.6 Å². The minimum absolute atomic E-state index is 0.0762. The van der Waals surface area contributed by atoms with Gasteiger partial charge in [0.1, 0.15) is 5.76 Å². The molecular formula is C11H17N3O3. The summed E-state index contributed by atoms with van der Waals surface area (Å²) in [6.45, 7) is 2.67. The van der Waals surface area contributed by atoms with E-state index >= 15 is 0 Å². The molecule has 1 heterocycles. The Kier molecular flexibility index (Phi) is 3.75. The molecule has 0 unspecified atom stereocenters. The van der Waals surface area contributed by atoms with Crippen molar-refractivity contribution in [3.63, 3.8) is 0 Å². The fraction of sp³-hybridized carbons (Fsp3) is 0.636. The molecule has 0 radical (unpaired) electrons. The number of nitrogens with zero attached hydrogens (tertiary/aromatic N) is 2. The lowest BCUT2D eigenvalue weighted by Crippen LogP contribution is -2.36. The minimum Gasteiger partial charge on any atom is -0.395 e. The van der Waals surface area contributed by atoms with Crippen LogP contribution in [0.2, 0.25) is 0 Å². The monoisotopic (exact) mass is 239 g/mol. The zero-order valence-corrected chi connectivity index (χ0v) is 9.85. The van der Waals surface area contributed by atoms with Crippen LogP contribution < -0.4 is 5.32 Å². The summed E-state index contributed by atoms with van der Waals surface area (Å²) >= 11 is 0. The maximum atomic E-state index is 11.7. The summed E-state index contributed by atoms with van der Waals surface area (Å²) in [6.07, 6.45) is 2.21. The van der Waals surface area contributed by atoms with Crippen molar-refractivity contribution in [3.05, 3.63) is 11.8 Å². The summed E-state index contributed by atoms with van der Waals surface area (Å²) in [5.74, 6) is 0.973. The molecule has 0 atom stereocenters. The highest BCUT2D eigenvalue weighted by Crippen LogP contribution is 2.26. The lowest BCUT2D eigenvalue weighted by molar-refractivity contribution is -0.117. The lowest BCUT2D eigenvalue weighted by Gasteiger charge is -2.19. The SMILES string of the molecule is Cc1cc(NC(=O)CN(CCO)C2CC2)no1. The van der Waals surface area contributed by atoms with Crippen LogP contribution in [0.15, 0.2) is 10.6 Å². The largest absolute Gasteiger partial charge is 0.395 e. The Bertz CT molecular complexity index is 387. The van der Waals surface area contributed by atoms with Crippen LogP contribution in [-0.4, -0.2) is 46.8 Å². The van der Waals surface area contributed by atoms with E-state index in [1.54, 1.807) is 13.0 Å². The van der Waals surface area contributed by atoms with Crippen molar-refractivity contribution in [2.45, 2.75) is 25.8 Å². The number of nitrogens with one attached hydrogen (secondary N) is 1. The molecule has 0 aliphatic heterocycles. The summed E-state index contributed by atoms with van der Waals surface area (Å²) < 4.78 is 4.86. The van der Waals surface area contributed by atoms with Gasteiger partial charge in [-0.1, -0.05) is 5.16 Å². The third-order valence-electron chi connectivity index (χ3n) is 2.69. The van der Waals surface area contributed by atoms with Gasteiger partial charge in [-0.3, -0.25) is 9.69 Å². The zero-order chi connectivity index (χ0) is 12.3. The first-order valence-electron chi connectivity index (χ1n) is 5.77. The van der Waals surface area contributed by atoms with Gasteiger partial charge in [0.2, 0.25) is 5.91 Å². The van der Waals surface area contributed by atoms with Gasteiger partial charge in [0.05, 0.1) is 13.2 Å². The Labute approximate surface area is 99.6 Å². The Balaban J connectivity index is 1.83. The molecule has 0 saturated heterocycles. The van der Waals surface area contributed by atoms with E-state index in [0.717, 1.165) is 12.8 Å². The molecule has 0 spiro atoms. The second kappa shape index (κ2) is 5.29.